The first-order chi connectivity index (χ1) is 9.52. The molecule has 1 aromatic rings. The van der Waals surface area contributed by atoms with Crippen LogP contribution in [0.2, 0.25) is 0 Å². The summed E-state index contributed by atoms with van der Waals surface area (Å²) in [4.78, 5) is 10.6. The van der Waals surface area contributed by atoms with Crippen LogP contribution >= 0.6 is 0 Å². The van der Waals surface area contributed by atoms with Gasteiger partial charge in [0.25, 0.3) is 5.69 Å². The van der Waals surface area contributed by atoms with Crippen LogP contribution in [0.3, 0.4) is 0 Å². The molecule has 1 aliphatic rings. The second kappa shape index (κ2) is 6.22. The lowest BCUT2D eigenvalue weighted by atomic mass is 9.85. The molecule has 1 fully saturated rings. The molecule has 5 nitrogen and oxygen atoms in total. The minimum Gasteiger partial charge on any atom is -0.496 e. The highest BCUT2D eigenvalue weighted by atomic mass is 16.6. The molecule has 20 heavy (non-hydrogen) atoms. The molecular formula is C15H22N2O3. The van der Waals surface area contributed by atoms with Crippen molar-refractivity contribution in [3.8, 4) is 5.75 Å². The Labute approximate surface area is 119 Å². The molecule has 1 aliphatic carbocycles. The first-order valence-corrected chi connectivity index (χ1v) is 7.14. The number of nitrogens with zero attached hydrogens (tertiary/aromatic N) is 1. The molecule has 0 amide bonds. The van der Waals surface area contributed by atoms with Crippen LogP contribution in [0.15, 0.2) is 18.2 Å². The van der Waals surface area contributed by atoms with E-state index in [0.717, 1.165) is 31.2 Å². The van der Waals surface area contributed by atoms with Gasteiger partial charge in [0.15, 0.2) is 0 Å². The monoisotopic (exact) mass is 278 g/mol. The predicted molar refractivity (Wildman–Crippen MR) is 78.0 cm³/mol. The highest BCUT2D eigenvalue weighted by Gasteiger charge is 2.27. The van der Waals surface area contributed by atoms with Gasteiger partial charge < -0.3 is 10.5 Å². The number of methoxy groups -OCH3 is 1. The first-order valence-electron chi connectivity index (χ1n) is 7.14. The Kier molecular flexibility index (Phi) is 4.60. The normalized spacial score (nSPS) is 18.3. The van der Waals surface area contributed by atoms with E-state index in [0.29, 0.717) is 12.2 Å². The Morgan fingerprint density at radius 3 is 2.45 bits per heavy atom. The van der Waals surface area contributed by atoms with E-state index >= 15 is 0 Å². The quantitative estimate of drug-likeness (QED) is 0.521. The molecule has 1 saturated carbocycles. The van der Waals surface area contributed by atoms with Crippen molar-refractivity contribution >= 4 is 5.69 Å². The zero-order chi connectivity index (χ0) is 14.6. The summed E-state index contributed by atoms with van der Waals surface area (Å²) in [6, 6.07) is 4.91. The highest BCUT2D eigenvalue weighted by Crippen LogP contribution is 2.31. The number of rotatable bonds is 4. The summed E-state index contributed by atoms with van der Waals surface area (Å²) in [5, 5.41) is 11.0. The Morgan fingerprint density at radius 1 is 1.25 bits per heavy atom. The van der Waals surface area contributed by atoms with Gasteiger partial charge in [-0.3, -0.25) is 10.1 Å². The second-order valence-electron chi connectivity index (χ2n) is 5.75. The van der Waals surface area contributed by atoms with Crippen LogP contribution in [-0.4, -0.2) is 17.6 Å². The summed E-state index contributed by atoms with van der Waals surface area (Å²) >= 11 is 0. The van der Waals surface area contributed by atoms with Crippen molar-refractivity contribution in [1.82, 2.24) is 0 Å². The van der Waals surface area contributed by atoms with Gasteiger partial charge in [0, 0.05) is 11.6 Å². The molecular weight excluding hydrogens is 256 g/mol. The summed E-state index contributed by atoms with van der Waals surface area (Å²) in [6.07, 6.45) is 7.39. The van der Waals surface area contributed by atoms with E-state index in [9.17, 15) is 10.1 Å². The van der Waals surface area contributed by atoms with E-state index in [2.05, 4.69) is 0 Å². The molecule has 0 radical (unpaired) electrons. The average molecular weight is 278 g/mol. The van der Waals surface area contributed by atoms with Gasteiger partial charge in [-0.1, -0.05) is 25.7 Å². The van der Waals surface area contributed by atoms with Crippen molar-refractivity contribution in [2.75, 3.05) is 7.11 Å². The zero-order valence-electron chi connectivity index (χ0n) is 11.9. The number of nitro groups is 1. The Hall–Kier alpha value is -1.62. The third kappa shape index (κ3) is 3.70. The maximum absolute atomic E-state index is 11.0. The van der Waals surface area contributed by atoms with E-state index in [1.54, 1.807) is 6.07 Å². The fourth-order valence-electron chi connectivity index (χ4n) is 2.98. The van der Waals surface area contributed by atoms with Crippen molar-refractivity contribution < 1.29 is 9.66 Å². The smallest absolute Gasteiger partial charge is 0.273 e. The van der Waals surface area contributed by atoms with Gasteiger partial charge in [-0.25, -0.2) is 0 Å². The lowest BCUT2D eigenvalue weighted by Crippen LogP contribution is -2.41. The highest BCUT2D eigenvalue weighted by molar-refractivity contribution is 5.43. The minimum absolute atomic E-state index is 0.0663. The van der Waals surface area contributed by atoms with Crippen LogP contribution in [0, 0.1) is 10.1 Å². The second-order valence-corrected chi connectivity index (χ2v) is 5.75. The Bertz CT molecular complexity index is 480. The van der Waals surface area contributed by atoms with E-state index in [1.807, 2.05) is 6.07 Å². The number of hydrogen-bond acceptors (Lipinski definition) is 4. The third-order valence-corrected chi connectivity index (χ3v) is 4.05. The van der Waals surface area contributed by atoms with Crippen LogP contribution < -0.4 is 10.5 Å². The van der Waals surface area contributed by atoms with Gasteiger partial charge >= 0.3 is 0 Å². The number of benzene rings is 1. The molecule has 0 atom stereocenters. The summed E-state index contributed by atoms with van der Waals surface area (Å²) in [5.41, 5.74) is 7.21. The van der Waals surface area contributed by atoms with Crippen LogP contribution in [0.4, 0.5) is 5.69 Å². The van der Waals surface area contributed by atoms with Gasteiger partial charge in [-0.15, -0.1) is 0 Å². The topological polar surface area (TPSA) is 78.4 Å². The molecule has 0 unspecified atom stereocenters. The van der Waals surface area contributed by atoms with E-state index in [4.69, 9.17) is 10.5 Å². The van der Waals surface area contributed by atoms with Crippen LogP contribution in [0.1, 0.15) is 44.1 Å². The maximum Gasteiger partial charge on any atom is 0.273 e. The molecule has 5 heteroatoms. The molecule has 0 heterocycles. The van der Waals surface area contributed by atoms with Crippen molar-refractivity contribution in [2.24, 2.45) is 5.73 Å². The molecule has 0 spiro atoms. The fourth-order valence-corrected chi connectivity index (χ4v) is 2.98. The molecule has 110 valence electrons. The Morgan fingerprint density at radius 2 is 1.90 bits per heavy atom. The van der Waals surface area contributed by atoms with Gasteiger partial charge in [0.2, 0.25) is 0 Å². The van der Waals surface area contributed by atoms with Crippen LogP contribution in [0.5, 0.6) is 5.75 Å². The molecule has 0 aromatic heterocycles. The van der Waals surface area contributed by atoms with Gasteiger partial charge in [-0.2, -0.15) is 0 Å². The van der Waals surface area contributed by atoms with E-state index < -0.39 is 0 Å². The third-order valence-electron chi connectivity index (χ3n) is 4.05. The van der Waals surface area contributed by atoms with Gasteiger partial charge in [-0.05, 0) is 30.9 Å². The number of non-ortho nitro benzene ring substituents is 1. The van der Waals surface area contributed by atoms with Crippen molar-refractivity contribution in [3.05, 3.63) is 33.9 Å². The van der Waals surface area contributed by atoms with Crippen LogP contribution in [0.25, 0.3) is 0 Å². The number of ether oxygens (including phenoxy) is 1. The van der Waals surface area contributed by atoms with Crippen LogP contribution in [-0.2, 0) is 6.42 Å². The van der Waals surface area contributed by atoms with Gasteiger partial charge in [0.05, 0.1) is 18.1 Å². The maximum atomic E-state index is 11.0. The summed E-state index contributed by atoms with van der Waals surface area (Å²) < 4.78 is 5.15. The van der Waals surface area contributed by atoms with E-state index in [1.165, 1.54) is 26.0 Å². The number of nitrogens with two attached hydrogens (primary N) is 1. The summed E-state index contributed by atoms with van der Waals surface area (Å²) in [7, 11) is 1.52. The summed E-state index contributed by atoms with van der Waals surface area (Å²) in [5.74, 6) is 0.520. The summed E-state index contributed by atoms with van der Waals surface area (Å²) in [6.45, 7) is 0. The van der Waals surface area contributed by atoms with Crippen molar-refractivity contribution in [1.29, 1.82) is 0 Å². The standard InChI is InChI=1S/C15H22N2O3/c1-20-14-9-12(8-13(10-14)17(18)19)11-15(16)6-4-2-3-5-7-15/h8-10H,2-7,11,16H2,1H3. The fraction of sp³-hybridized carbons (Fsp3) is 0.600. The minimum atomic E-state index is -0.387. The lowest BCUT2D eigenvalue weighted by molar-refractivity contribution is -0.385. The predicted octanol–water partition coefficient (Wildman–Crippen LogP) is 3.20. The molecule has 2 rings (SSSR count). The molecule has 2 N–H and O–H groups in total. The SMILES string of the molecule is COc1cc(CC2(N)CCCCCC2)cc([N+](=O)[O-])c1. The van der Waals surface area contributed by atoms with Crippen molar-refractivity contribution in [3.63, 3.8) is 0 Å². The lowest BCUT2D eigenvalue weighted by Gasteiger charge is -2.28. The van der Waals surface area contributed by atoms with Crippen molar-refractivity contribution in [2.45, 2.75) is 50.5 Å². The molecule has 0 bridgehead atoms. The van der Waals surface area contributed by atoms with Gasteiger partial charge in [0.1, 0.15) is 5.75 Å². The molecule has 0 saturated heterocycles. The molecule has 1 aromatic carbocycles. The van der Waals surface area contributed by atoms with E-state index in [-0.39, 0.29) is 16.1 Å². The largest absolute Gasteiger partial charge is 0.496 e. The average Bonchev–Trinajstić information content (AvgIpc) is 2.63. The zero-order valence-corrected chi connectivity index (χ0v) is 11.9. The first kappa shape index (κ1) is 14.8. The Balaban J connectivity index is 2.22. The number of nitro benzene ring substituents is 1. The molecule has 0 aliphatic heterocycles. The number of hydrogen-bond donors (Lipinski definition) is 1.